The number of nitrogens with zero attached hydrogens (tertiary/aromatic N) is 3. The van der Waals surface area contributed by atoms with Crippen LogP contribution >= 0.6 is 34.9 Å². The Bertz CT molecular complexity index is 1760. The van der Waals surface area contributed by atoms with E-state index in [0.717, 1.165) is 22.5 Å². The lowest BCUT2D eigenvalue weighted by Crippen LogP contribution is -2.71. The third-order valence-electron chi connectivity index (χ3n) is 7.29. The van der Waals surface area contributed by atoms with Gasteiger partial charge in [-0.1, -0.05) is 72.7 Å². The fourth-order valence-electron chi connectivity index (χ4n) is 4.95. The molecule has 2 aromatic carbocycles. The number of carbonyl (C=O) groups is 5. The molecule has 1 fully saturated rings. The summed E-state index contributed by atoms with van der Waals surface area (Å²) in [5.41, 5.74) is 7.06. The molecule has 0 spiro atoms. The molecule has 3 atom stereocenters. The molecule has 2 aliphatic heterocycles. The number of anilines is 1. The van der Waals surface area contributed by atoms with Crippen molar-refractivity contribution in [2.45, 2.75) is 44.1 Å². The average Bonchev–Trinajstić information content (AvgIpc) is 3.56. The minimum Gasteiger partial charge on any atom is -0.450 e. The number of thioether (sulfide) groups is 2. The summed E-state index contributed by atoms with van der Waals surface area (Å²) >= 11 is 3.67. The highest BCUT2D eigenvalue weighted by Crippen LogP contribution is 2.43. The van der Waals surface area contributed by atoms with Crippen LogP contribution in [0, 0.1) is 0 Å². The Morgan fingerprint density at radius 1 is 1.04 bits per heavy atom. The van der Waals surface area contributed by atoms with Crippen molar-refractivity contribution in [3.63, 3.8) is 0 Å². The highest BCUT2D eigenvalue weighted by atomic mass is 32.2. The number of β-lactam (4-membered cyclic amide) rings is 1. The van der Waals surface area contributed by atoms with Crippen molar-refractivity contribution in [1.82, 2.24) is 15.2 Å². The normalized spacial score (nSPS) is 17.7. The molecule has 2 aliphatic rings. The minimum absolute atomic E-state index is 0.0171. The second-order valence-corrected chi connectivity index (χ2v) is 13.5. The lowest BCUT2D eigenvalue weighted by molar-refractivity contribution is -0.184. The molecule has 14 nitrogen and oxygen atoms in total. The molecule has 1 aromatic heterocycles. The molecule has 3 aromatic rings. The smallest absolute Gasteiger partial charge is 0.359 e. The number of fused-ring (bicyclic) bond motifs is 1. The number of hydrogen-bond acceptors (Lipinski definition) is 15. The third-order valence-corrected chi connectivity index (χ3v) is 10.3. The van der Waals surface area contributed by atoms with E-state index in [1.165, 1.54) is 40.7 Å². The Balaban J connectivity index is 1.27. The predicted octanol–water partition coefficient (Wildman–Crippen LogP) is 3.60. The van der Waals surface area contributed by atoms with Gasteiger partial charge in [-0.2, -0.15) is 0 Å². The number of ether oxygens (including phenoxy) is 3. The first-order chi connectivity index (χ1) is 24.1. The average molecular weight is 740 g/mol. The molecular weight excluding hydrogens is 707 g/mol. The predicted molar refractivity (Wildman–Crippen MR) is 187 cm³/mol. The van der Waals surface area contributed by atoms with Gasteiger partial charge in [-0.05, 0) is 17.4 Å². The molecule has 0 aliphatic carbocycles. The van der Waals surface area contributed by atoms with Gasteiger partial charge in [0.15, 0.2) is 16.9 Å². The number of esters is 3. The number of nitrogen functional groups attached to an aromatic ring is 1. The third kappa shape index (κ3) is 8.46. The first-order valence-electron chi connectivity index (χ1n) is 15.2. The fraction of sp³-hybridized carbons (Fsp3) is 0.303. The molecule has 0 radical (unpaired) electrons. The van der Waals surface area contributed by atoms with Gasteiger partial charge in [0.1, 0.15) is 22.8 Å². The van der Waals surface area contributed by atoms with Crippen molar-refractivity contribution in [1.29, 1.82) is 0 Å². The van der Waals surface area contributed by atoms with E-state index >= 15 is 0 Å². The molecule has 50 heavy (non-hydrogen) atoms. The Labute approximate surface area is 299 Å². The summed E-state index contributed by atoms with van der Waals surface area (Å²) < 4.78 is 16.1. The summed E-state index contributed by atoms with van der Waals surface area (Å²) in [6.07, 6.45) is -0.0246. The number of rotatable bonds is 14. The number of amides is 2. The molecule has 3 unspecified atom stereocenters. The lowest BCUT2D eigenvalue weighted by atomic mass is 10.0. The Kier molecular flexibility index (Phi) is 12.2. The van der Waals surface area contributed by atoms with Gasteiger partial charge in [-0.25, -0.2) is 14.6 Å². The summed E-state index contributed by atoms with van der Waals surface area (Å²) in [6.45, 7) is 2.37. The summed E-state index contributed by atoms with van der Waals surface area (Å²) in [5, 5.41) is 7.54. The van der Waals surface area contributed by atoms with Gasteiger partial charge in [0.25, 0.3) is 11.8 Å². The van der Waals surface area contributed by atoms with Crippen LogP contribution in [-0.4, -0.2) is 81.6 Å². The van der Waals surface area contributed by atoms with Gasteiger partial charge in [-0.15, -0.1) is 34.9 Å². The van der Waals surface area contributed by atoms with Gasteiger partial charge in [0.2, 0.25) is 12.9 Å². The number of benzene rings is 2. The van der Waals surface area contributed by atoms with Crippen LogP contribution in [0.4, 0.5) is 5.13 Å². The van der Waals surface area contributed by atoms with Gasteiger partial charge >= 0.3 is 17.9 Å². The van der Waals surface area contributed by atoms with E-state index in [1.54, 1.807) is 13.2 Å². The van der Waals surface area contributed by atoms with Crippen molar-refractivity contribution < 1.29 is 43.0 Å². The summed E-state index contributed by atoms with van der Waals surface area (Å²) in [6, 6.07) is 17.3. The first-order valence-corrected chi connectivity index (χ1v) is 18.4. The Hall–Kier alpha value is -4.87. The van der Waals surface area contributed by atoms with Gasteiger partial charge in [0.05, 0.1) is 0 Å². The molecule has 262 valence electrons. The maximum absolute atomic E-state index is 13.6. The number of hydrogen-bond donors (Lipinski definition) is 2. The number of carbonyl (C=O) groups excluding carboxylic acids is 5. The maximum atomic E-state index is 13.6. The Morgan fingerprint density at radius 3 is 2.28 bits per heavy atom. The molecule has 0 saturated carbocycles. The van der Waals surface area contributed by atoms with E-state index in [2.05, 4.69) is 15.5 Å². The topological polar surface area (TPSA) is 189 Å². The largest absolute Gasteiger partial charge is 0.450 e. The van der Waals surface area contributed by atoms with Crippen LogP contribution in [0.15, 0.2) is 81.8 Å². The van der Waals surface area contributed by atoms with Crippen molar-refractivity contribution >= 4 is 75.4 Å². The van der Waals surface area contributed by atoms with E-state index in [0.29, 0.717) is 10.7 Å². The standard InChI is InChI=1S/C33H33N5O9S3/c1-4-23(39)45-18(2)46-32(43)27-22(48-3)17-49-31-26(30(42)38(27)31)36-29(41)25(21-16-50-33(34)35-21)37-44-15-24(40)47-28(19-11-7-5-8-12-19)20-13-9-6-10-14-20/h5-14,16,18,26,28,31H,4,15,17H2,1-3H3,(H2,34,35)(H,36,41)/b37-25+. The van der Waals surface area contributed by atoms with E-state index in [-0.39, 0.29) is 28.7 Å². The van der Waals surface area contributed by atoms with Crippen molar-refractivity contribution in [2.24, 2.45) is 5.16 Å². The highest BCUT2D eigenvalue weighted by molar-refractivity contribution is 8.05. The molecule has 2 amide bonds. The summed E-state index contributed by atoms with van der Waals surface area (Å²) in [5.74, 6) is -3.16. The number of nitrogens with one attached hydrogen (secondary N) is 1. The zero-order valence-corrected chi connectivity index (χ0v) is 29.5. The zero-order chi connectivity index (χ0) is 35.8. The van der Waals surface area contributed by atoms with Crippen molar-refractivity contribution in [2.75, 3.05) is 24.3 Å². The van der Waals surface area contributed by atoms with Gasteiger partial charge in [0, 0.05) is 29.4 Å². The van der Waals surface area contributed by atoms with Crippen molar-refractivity contribution in [3.8, 4) is 0 Å². The second-order valence-electron chi connectivity index (χ2n) is 10.6. The van der Waals surface area contributed by atoms with E-state index in [1.807, 2.05) is 60.7 Å². The molecule has 0 bridgehead atoms. The summed E-state index contributed by atoms with van der Waals surface area (Å²) in [4.78, 5) is 75.9. The van der Waals surface area contributed by atoms with Crippen molar-refractivity contribution in [3.05, 3.63) is 93.5 Å². The van der Waals surface area contributed by atoms with Crippen LogP contribution in [0.3, 0.4) is 0 Å². The van der Waals surface area contributed by atoms with E-state index in [9.17, 15) is 24.0 Å². The van der Waals surface area contributed by atoms with Crippen LogP contribution in [0.2, 0.25) is 0 Å². The Morgan fingerprint density at radius 2 is 1.70 bits per heavy atom. The van der Waals surface area contributed by atoms with E-state index < -0.39 is 60.1 Å². The second kappa shape index (κ2) is 16.7. The SMILES string of the molecule is CCC(=O)OC(C)OC(=O)C1=C(SC)CSC2C(NC(=O)/C(=N/OCC(=O)OC(c3ccccc3)c3ccccc3)c3csc(N)n3)C(=O)N12. The lowest BCUT2D eigenvalue weighted by Gasteiger charge is -2.49. The van der Waals surface area contributed by atoms with Gasteiger partial charge in [-0.3, -0.25) is 19.3 Å². The summed E-state index contributed by atoms with van der Waals surface area (Å²) in [7, 11) is 0. The number of aromatic nitrogens is 1. The molecular formula is C33H33N5O9S3. The van der Waals surface area contributed by atoms with Crippen LogP contribution in [0.1, 0.15) is 43.2 Å². The van der Waals surface area contributed by atoms with Crippen LogP contribution in [0.5, 0.6) is 0 Å². The zero-order valence-electron chi connectivity index (χ0n) is 27.1. The minimum atomic E-state index is -1.17. The van der Waals surface area contributed by atoms with E-state index in [4.69, 9.17) is 24.8 Å². The fourth-order valence-corrected chi connectivity index (χ4v) is 7.74. The first kappa shape index (κ1) is 36.4. The van der Waals surface area contributed by atoms with Gasteiger partial charge < -0.3 is 30.1 Å². The molecule has 1 saturated heterocycles. The number of oxime groups is 1. The molecule has 3 N–H and O–H groups in total. The quantitative estimate of drug-likeness (QED) is 0.0803. The van der Waals surface area contributed by atoms with Crippen LogP contribution < -0.4 is 11.1 Å². The van der Waals surface area contributed by atoms with Crippen LogP contribution in [0.25, 0.3) is 0 Å². The number of nitrogens with two attached hydrogens (primary N) is 1. The maximum Gasteiger partial charge on any atom is 0.359 e. The highest BCUT2D eigenvalue weighted by Gasteiger charge is 2.55. The number of thiazole rings is 1. The molecule has 5 rings (SSSR count). The monoisotopic (exact) mass is 739 g/mol. The molecule has 17 heteroatoms. The molecule has 3 heterocycles. The van der Waals surface area contributed by atoms with Crippen LogP contribution in [-0.2, 0) is 43.0 Å².